The van der Waals surface area contributed by atoms with Gasteiger partial charge in [0.25, 0.3) is 0 Å². The fourth-order valence-electron chi connectivity index (χ4n) is 8.72. The molecule has 0 radical (unpaired) electrons. The highest BCUT2D eigenvalue weighted by molar-refractivity contribution is 6.13. The van der Waals surface area contributed by atoms with Gasteiger partial charge in [-0.3, -0.25) is 0 Å². The highest BCUT2D eigenvalue weighted by Crippen LogP contribution is 2.57. The van der Waals surface area contributed by atoms with Crippen LogP contribution < -0.4 is 4.90 Å². The lowest BCUT2D eigenvalue weighted by Gasteiger charge is -2.35. The Bertz CT molecular complexity index is 3420. The first-order valence-corrected chi connectivity index (χ1v) is 19.4. The van der Waals surface area contributed by atoms with Crippen LogP contribution in [0.15, 0.2) is 243 Å². The van der Waals surface area contributed by atoms with E-state index < -0.39 is 5.41 Å². The third-order valence-electron chi connectivity index (χ3n) is 11.2. The van der Waals surface area contributed by atoms with Crippen LogP contribution >= 0.6 is 0 Å². The Morgan fingerprint density at radius 1 is 0.483 bits per heavy atom. The number of hydrogen-bond acceptors (Lipinski definition) is 1. The van der Waals surface area contributed by atoms with Crippen LogP contribution in [0, 0.1) is 0 Å². The molecule has 1 aliphatic carbocycles. The van der Waals surface area contributed by atoms with Crippen LogP contribution in [0.3, 0.4) is 0 Å². The molecule has 1 nitrogen and oxygen atoms in total. The van der Waals surface area contributed by atoms with Gasteiger partial charge in [0.1, 0.15) is 0 Å². The van der Waals surface area contributed by atoms with Gasteiger partial charge in [-0.25, -0.2) is 0 Å². The summed E-state index contributed by atoms with van der Waals surface area (Å²) in [6.45, 7) is 8.29. The van der Waals surface area contributed by atoms with Crippen molar-refractivity contribution in [2.45, 2.75) is 5.41 Å². The van der Waals surface area contributed by atoms with Crippen LogP contribution in [0.25, 0.3) is 54.9 Å². The Balaban J connectivity index is 1.33. The van der Waals surface area contributed by atoms with Gasteiger partial charge in [-0.15, -0.1) is 0 Å². The van der Waals surface area contributed by atoms with E-state index in [1.54, 1.807) is 18.2 Å². The molecule has 0 saturated carbocycles. The van der Waals surface area contributed by atoms with Gasteiger partial charge < -0.3 is 4.90 Å². The van der Waals surface area contributed by atoms with Gasteiger partial charge >= 0.3 is 0 Å². The van der Waals surface area contributed by atoms with E-state index in [0.29, 0.717) is 33.5 Å². The minimum absolute atomic E-state index is 0.0567. The number of rotatable bonds is 9. The molecule has 1 atom stereocenters. The first-order valence-electron chi connectivity index (χ1n) is 22.9. The lowest BCUT2D eigenvalue weighted by Crippen LogP contribution is -2.29. The second kappa shape index (κ2) is 14.5. The van der Waals surface area contributed by atoms with E-state index >= 15 is 0 Å². The van der Waals surface area contributed by atoms with Crippen LogP contribution in [0.1, 0.15) is 26.3 Å². The molecule has 0 aliphatic heterocycles. The number of anilines is 3. The molecule has 0 heterocycles. The Morgan fingerprint density at radius 2 is 1.14 bits per heavy atom. The van der Waals surface area contributed by atoms with Crippen LogP contribution in [0.2, 0.25) is 0 Å². The van der Waals surface area contributed by atoms with Crippen LogP contribution in [-0.4, -0.2) is 0 Å². The summed E-state index contributed by atoms with van der Waals surface area (Å²) in [5.41, 5.74) is 5.26. The molecule has 58 heavy (non-hydrogen) atoms. The van der Waals surface area contributed by atoms with Crippen molar-refractivity contribution in [2.24, 2.45) is 0 Å². The van der Waals surface area contributed by atoms with E-state index in [9.17, 15) is 9.60 Å². The molecule has 0 amide bonds. The molecule has 1 unspecified atom stereocenters. The molecule has 9 aromatic carbocycles. The standard InChI is InChI=1S/C57H41N/c1-3-18-44(4-2)57(45-23-9-6-10-24-45)55-30-16-15-29-52(55)53-36-35-48(39-56(53)57)58(47-25-17-22-42(37-47)40-19-7-5-8-20-40)46-33-31-41(32-34-46)54-38-43-21-11-12-26-49(43)50-27-13-14-28-51(50)54/h3-39H,1-2H2/b44-18+/i31D,32D,33D,34D,35D,36D,39D. The summed E-state index contributed by atoms with van der Waals surface area (Å²) in [6.07, 6.45) is 5.29. The Hall–Kier alpha value is -7.48. The summed E-state index contributed by atoms with van der Waals surface area (Å²) < 4.78 is 69.8. The van der Waals surface area contributed by atoms with Gasteiger partial charge in [-0.1, -0.05) is 195 Å². The maximum Gasteiger partial charge on any atom is 0.0714 e. The molecule has 0 N–H and O–H groups in total. The van der Waals surface area contributed by atoms with Gasteiger partial charge in [0.05, 0.1) is 15.0 Å². The predicted molar refractivity (Wildman–Crippen MR) is 247 cm³/mol. The van der Waals surface area contributed by atoms with Crippen molar-refractivity contribution in [3.8, 4) is 33.4 Å². The minimum Gasteiger partial charge on any atom is -0.310 e. The van der Waals surface area contributed by atoms with E-state index in [1.807, 2.05) is 164 Å². The first kappa shape index (κ1) is 28.0. The molecular formula is C57H41N. The van der Waals surface area contributed by atoms with Gasteiger partial charge in [-0.2, -0.15) is 0 Å². The second-order valence-corrected chi connectivity index (χ2v) is 14.4. The Morgan fingerprint density at radius 3 is 1.91 bits per heavy atom. The van der Waals surface area contributed by atoms with Crippen LogP contribution in [0.5, 0.6) is 0 Å². The molecule has 0 aromatic heterocycles. The molecule has 9 aromatic rings. The summed E-state index contributed by atoms with van der Waals surface area (Å²) in [6, 6.07) is 50.5. The number of nitrogens with zero attached hydrogens (tertiary/aromatic N) is 1. The SMILES string of the molecule is [2H]c1c([2H])c(N(c2cccc(-c3ccccc3)c2)c2c([2H])c([2H])c3c(c2[2H])C(/C(C=C)=C/C=C)(c2ccccc2)c2ccccc2-3)c([2H])c([2H])c1-c1cc2ccccc2c2ccccc12. The van der Waals surface area contributed by atoms with Crippen molar-refractivity contribution in [1.29, 1.82) is 0 Å². The van der Waals surface area contributed by atoms with Gasteiger partial charge in [0.15, 0.2) is 0 Å². The average Bonchev–Trinajstić information content (AvgIpc) is 3.66. The zero-order valence-corrected chi connectivity index (χ0v) is 31.7. The van der Waals surface area contributed by atoms with Crippen molar-refractivity contribution in [3.05, 3.63) is 260 Å². The van der Waals surface area contributed by atoms with Gasteiger partial charge in [0, 0.05) is 17.1 Å². The van der Waals surface area contributed by atoms with Crippen molar-refractivity contribution in [2.75, 3.05) is 4.90 Å². The van der Waals surface area contributed by atoms with Gasteiger partial charge in [0.2, 0.25) is 0 Å². The van der Waals surface area contributed by atoms with Gasteiger partial charge in [-0.05, 0) is 120 Å². The second-order valence-electron chi connectivity index (χ2n) is 14.4. The van der Waals surface area contributed by atoms with Crippen LogP contribution in [-0.2, 0) is 5.41 Å². The summed E-state index contributed by atoms with van der Waals surface area (Å²) in [7, 11) is 0. The number of benzene rings is 9. The molecule has 10 rings (SSSR count). The molecule has 0 bridgehead atoms. The normalized spacial score (nSPS) is 16.2. The summed E-state index contributed by atoms with van der Waals surface area (Å²) >= 11 is 0. The minimum atomic E-state index is -1.20. The fraction of sp³-hybridized carbons (Fsp3) is 0.0175. The van der Waals surface area contributed by atoms with E-state index in [-0.39, 0.29) is 59.2 Å². The first-order chi connectivity index (χ1) is 31.6. The van der Waals surface area contributed by atoms with E-state index in [2.05, 4.69) is 13.2 Å². The Labute approximate surface area is 350 Å². The molecule has 1 heteroatoms. The smallest absolute Gasteiger partial charge is 0.0714 e. The van der Waals surface area contributed by atoms with Crippen molar-refractivity contribution in [3.63, 3.8) is 0 Å². The lowest BCUT2D eigenvalue weighted by atomic mass is 9.67. The quantitative estimate of drug-likeness (QED) is 0.105. The number of fused-ring (bicyclic) bond motifs is 6. The highest BCUT2D eigenvalue weighted by atomic mass is 15.1. The summed E-state index contributed by atoms with van der Waals surface area (Å²) in [5, 5.41) is 3.61. The lowest BCUT2D eigenvalue weighted by molar-refractivity contribution is 0.767. The average molecular weight is 747 g/mol. The fourth-order valence-corrected chi connectivity index (χ4v) is 8.72. The highest BCUT2D eigenvalue weighted by Gasteiger charge is 2.46. The largest absolute Gasteiger partial charge is 0.310 e. The van der Waals surface area contributed by atoms with Crippen LogP contribution in [0.4, 0.5) is 17.1 Å². The molecule has 0 fully saturated rings. The topological polar surface area (TPSA) is 3.24 Å². The maximum atomic E-state index is 10.5. The third-order valence-corrected chi connectivity index (χ3v) is 11.2. The molecule has 274 valence electrons. The number of hydrogen-bond donors (Lipinski definition) is 0. The molecule has 0 spiro atoms. The van der Waals surface area contributed by atoms with Crippen molar-refractivity contribution >= 4 is 38.6 Å². The predicted octanol–water partition coefficient (Wildman–Crippen LogP) is 15.4. The zero-order valence-electron chi connectivity index (χ0n) is 38.7. The zero-order chi connectivity index (χ0) is 45.1. The third kappa shape index (κ3) is 5.63. The molecule has 0 saturated heterocycles. The Kier molecular flexibility index (Phi) is 7.02. The number of allylic oxidation sites excluding steroid dienone is 4. The summed E-state index contributed by atoms with van der Waals surface area (Å²) in [5.74, 6) is 0. The van der Waals surface area contributed by atoms with Crippen molar-refractivity contribution in [1.82, 2.24) is 0 Å². The molecular weight excluding hydrogens is 699 g/mol. The molecule has 1 aliphatic rings. The van der Waals surface area contributed by atoms with E-state index in [4.69, 9.17) is 0 Å². The monoisotopic (exact) mass is 746 g/mol. The maximum absolute atomic E-state index is 10.5. The van der Waals surface area contributed by atoms with Crippen molar-refractivity contribution < 1.29 is 9.60 Å². The van der Waals surface area contributed by atoms with E-state index in [1.165, 1.54) is 4.90 Å². The summed E-state index contributed by atoms with van der Waals surface area (Å²) in [4.78, 5) is 1.50. The van der Waals surface area contributed by atoms with E-state index in [0.717, 1.165) is 43.8 Å².